The Kier molecular flexibility index (Phi) is 3.58. The number of hydrogen-bond donors (Lipinski definition) is 1. The number of hydrogen-bond acceptors (Lipinski definition) is 5. The third-order valence-corrected chi connectivity index (χ3v) is 2.76. The summed E-state index contributed by atoms with van der Waals surface area (Å²) in [6.45, 7) is 1.28. The van der Waals surface area contributed by atoms with Gasteiger partial charge >= 0.3 is 6.18 Å². The van der Waals surface area contributed by atoms with Gasteiger partial charge in [0.15, 0.2) is 0 Å². The van der Waals surface area contributed by atoms with E-state index in [1.807, 2.05) is 6.92 Å². The van der Waals surface area contributed by atoms with Crippen molar-refractivity contribution < 1.29 is 22.4 Å². The van der Waals surface area contributed by atoms with E-state index < -0.39 is 18.3 Å². The molecule has 0 aliphatic carbocycles. The highest BCUT2D eigenvalue weighted by Gasteiger charge is 2.36. The Morgan fingerprint density at radius 3 is 2.83 bits per heavy atom. The van der Waals surface area contributed by atoms with Crippen LogP contribution in [-0.4, -0.2) is 29.5 Å². The zero-order valence-corrected chi connectivity index (χ0v) is 9.88. The van der Waals surface area contributed by atoms with E-state index in [0.717, 1.165) is 12.8 Å². The highest BCUT2D eigenvalue weighted by Crippen LogP contribution is 2.33. The van der Waals surface area contributed by atoms with E-state index in [2.05, 4.69) is 15.5 Å². The quantitative estimate of drug-likeness (QED) is 0.898. The van der Waals surface area contributed by atoms with E-state index >= 15 is 0 Å². The molecule has 1 N–H and O–H groups in total. The van der Waals surface area contributed by atoms with Gasteiger partial charge in [-0.1, -0.05) is 5.16 Å². The minimum Gasteiger partial charge on any atom is -0.367 e. The summed E-state index contributed by atoms with van der Waals surface area (Å²) in [5, 5.41) is 5.95. The number of rotatable bonds is 4. The number of aromatic nitrogens is 2. The molecule has 0 spiro atoms. The average molecular weight is 265 g/mol. The topological polar surface area (TPSA) is 60.2 Å². The van der Waals surface area contributed by atoms with Crippen molar-refractivity contribution in [2.75, 3.05) is 13.2 Å². The predicted octanol–water partition coefficient (Wildman–Crippen LogP) is 1.75. The lowest BCUT2D eigenvalue weighted by molar-refractivity contribution is -0.125. The fourth-order valence-electron chi connectivity index (χ4n) is 1.81. The highest BCUT2D eigenvalue weighted by molar-refractivity contribution is 5.01. The maximum atomic E-state index is 11.9. The second-order valence-electron chi connectivity index (χ2n) is 4.41. The first-order valence-corrected chi connectivity index (χ1v) is 5.64. The number of alkyl halides is 3. The van der Waals surface area contributed by atoms with Crippen LogP contribution in [0.15, 0.2) is 4.52 Å². The van der Waals surface area contributed by atoms with Crippen molar-refractivity contribution >= 4 is 0 Å². The van der Waals surface area contributed by atoms with Crippen molar-refractivity contribution in [3.8, 4) is 0 Å². The maximum Gasteiger partial charge on any atom is 0.401 e. The van der Waals surface area contributed by atoms with Gasteiger partial charge in [-0.05, 0) is 19.8 Å². The number of halogens is 3. The van der Waals surface area contributed by atoms with Crippen molar-refractivity contribution in [1.29, 1.82) is 0 Å². The van der Waals surface area contributed by atoms with Gasteiger partial charge in [0.25, 0.3) is 0 Å². The van der Waals surface area contributed by atoms with Crippen LogP contribution in [0.1, 0.15) is 31.5 Å². The molecular formula is C10H14F3N3O2. The molecule has 0 radical (unpaired) electrons. The van der Waals surface area contributed by atoms with Gasteiger partial charge in [0.05, 0.1) is 13.1 Å². The Balaban J connectivity index is 1.90. The Labute approximate surface area is 102 Å². The summed E-state index contributed by atoms with van der Waals surface area (Å²) in [6, 6.07) is 0. The summed E-state index contributed by atoms with van der Waals surface area (Å²) in [6.07, 6.45) is -2.56. The van der Waals surface area contributed by atoms with E-state index in [-0.39, 0.29) is 12.4 Å². The van der Waals surface area contributed by atoms with Gasteiger partial charge in [-0.3, -0.25) is 0 Å². The lowest BCUT2D eigenvalue weighted by atomic mass is 10.0. The fourth-order valence-corrected chi connectivity index (χ4v) is 1.81. The number of nitrogens with one attached hydrogen (secondary N) is 1. The first-order chi connectivity index (χ1) is 8.39. The first-order valence-electron chi connectivity index (χ1n) is 5.64. The molecule has 18 heavy (non-hydrogen) atoms. The third-order valence-electron chi connectivity index (χ3n) is 2.76. The molecule has 2 rings (SSSR count). The van der Waals surface area contributed by atoms with Crippen molar-refractivity contribution in [1.82, 2.24) is 15.5 Å². The molecule has 1 atom stereocenters. The fraction of sp³-hybridized carbons (Fsp3) is 0.800. The smallest absolute Gasteiger partial charge is 0.367 e. The summed E-state index contributed by atoms with van der Waals surface area (Å²) in [4.78, 5) is 4.05. The third kappa shape index (κ3) is 3.20. The summed E-state index contributed by atoms with van der Waals surface area (Å²) in [5.41, 5.74) is -0.578. The normalized spacial score (nSPS) is 24.7. The van der Waals surface area contributed by atoms with E-state index in [9.17, 15) is 13.2 Å². The zero-order chi connectivity index (χ0) is 13.2. The lowest BCUT2D eigenvalue weighted by Gasteiger charge is -2.17. The average Bonchev–Trinajstić information content (AvgIpc) is 2.86. The zero-order valence-electron chi connectivity index (χ0n) is 9.88. The molecule has 0 amide bonds. The van der Waals surface area contributed by atoms with E-state index in [0.29, 0.717) is 12.4 Å². The summed E-state index contributed by atoms with van der Waals surface area (Å²) in [7, 11) is 0. The molecule has 0 bridgehead atoms. The van der Waals surface area contributed by atoms with Crippen LogP contribution in [0.5, 0.6) is 0 Å². The van der Waals surface area contributed by atoms with Crippen LogP contribution in [0.3, 0.4) is 0 Å². The molecule has 1 aromatic heterocycles. The maximum absolute atomic E-state index is 11.9. The molecule has 0 aromatic carbocycles. The van der Waals surface area contributed by atoms with Crippen LogP contribution < -0.4 is 5.32 Å². The summed E-state index contributed by atoms with van der Waals surface area (Å²) >= 11 is 0. The molecule has 5 nitrogen and oxygen atoms in total. The molecule has 1 aliphatic heterocycles. The lowest BCUT2D eigenvalue weighted by Crippen LogP contribution is -2.28. The van der Waals surface area contributed by atoms with Crippen LogP contribution in [0.2, 0.25) is 0 Å². The molecule has 8 heteroatoms. The monoisotopic (exact) mass is 265 g/mol. The summed E-state index contributed by atoms with van der Waals surface area (Å²) < 4.78 is 46.2. The van der Waals surface area contributed by atoms with Gasteiger partial charge < -0.3 is 14.6 Å². The van der Waals surface area contributed by atoms with Crippen molar-refractivity contribution in [3.05, 3.63) is 11.7 Å². The second-order valence-corrected chi connectivity index (χ2v) is 4.41. The highest BCUT2D eigenvalue weighted by atomic mass is 19.4. The van der Waals surface area contributed by atoms with Crippen molar-refractivity contribution in [2.45, 2.75) is 38.1 Å². The van der Waals surface area contributed by atoms with E-state index in [4.69, 9.17) is 9.26 Å². The van der Waals surface area contributed by atoms with Gasteiger partial charge in [0.2, 0.25) is 11.7 Å². The van der Waals surface area contributed by atoms with Gasteiger partial charge in [0.1, 0.15) is 5.60 Å². The Hall–Kier alpha value is -1.15. The van der Waals surface area contributed by atoms with E-state index in [1.54, 1.807) is 0 Å². The Morgan fingerprint density at radius 2 is 2.22 bits per heavy atom. The largest absolute Gasteiger partial charge is 0.401 e. The molecule has 1 aliphatic rings. The van der Waals surface area contributed by atoms with Gasteiger partial charge in [-0.15, -0.1) is 0 Å². The molecule has 2 heterocycles. The predicted molar refractivity (Wildman–Crippen MR) is 54.6 cm³/mol. The molecular weight excluding hydrogens is 251 g/mol. The van der Waals surface area contributed by atoms with Crippen LogP contribution in [-0.2, 0) is 16.9 Å². The van der Waals surface area contributed by atoms with Crippen LogP contribution in [0.4, 0.5) is 13.2 Å². The van der Waals surface area contributed by atoms with Crippen molar-refractivity contribution in [3.63, 3.8) is 0 Å². The second kappa shape index (κ2) is 4.85. The van der Waals surface area contributed by atoms with Gasteiger partial charge in [0, 0.05) is 6.61 Å². The Bertz CT molecular complexity index is 399. The van der Waals surface area contributed by atoms with Crippen LogP contribution in [0.25, 0.3) is 0 Å². The van der Waals surface area contributed by atoms with Gasteiger partial charge in [-0.2, -0.15) is 18.2 Å². The molecule has 102 valence electrons. The molecule has 1 unspecified atom stereocenters. The summed E-state index contributed by atoms with van der Waals surface area (Å²) in [5.74, 6) is 0.523. The molecule has 1 saturated heterocycles. The SMILES string of the molecule is CC1(c2noc(CNCC(F)(F)F)n2)CCCO1. The standard InChI is InChI=1S/C10H14F3N3O2/c1-9(3-2-4-17-9)8-15-7(18-16-8)5-14-6-10(11,12)13/h14H,2-6H2,1H3. The molecule has 0 saturated carbocycles. The minimum atomic E-state index is -4.25. The van der Waals surface area contributed by atoms with Crippen LogP contribution >= 0.6 is 0 Å². The number of ether oxygens (including phenoxy) is 1. The minimum absolute atomic E-state index is 0.109. The van der Waals surface area contributed by atoms with E-state index in [1.165, 1.54) is 0 Å². The first kappa shape index (κ1) is 13.3. The molecule has 1 fully saturated rings. The number of nitrogens with zero attached hydrogens (tertiary/aromatic N) is 2. The van der Waals surface area contributed by atoms with Crippen molar-refractivity contribution in [2.24, 2.45) is 0 Å². The molecule has 1 aromatic rings. The Morgan fingerprint density at radius 1 is 1.44 bits per heavy atom. The van der Waals surface area contributed by atoms with Crippen LogP contribution in [0, 0.1) is 0 Å². The van der Waals surface area contributed by atoms with Gasteiger partial charge in [-0.25, -0.2) is 0 Å².